The van der Waals surface area contributed by atoms with Crippen LogP contribution in [-0.4, -0.2) is 12.1 Å². The Morgan fingerprint density at radius 3 is 2.17 bits per heavy atom. The summed E-state index contributed by atoms with van der Waals surface area (Å²) >= 11 is 0. The molecule has 0 amide bonds. The molecule has 0 aromatic heterocycles. The lowest BCUT2D eigenvalue weighted by Gasteiger charge is -2.43. The molecule has 2 aliphatic rings. The van der Waals surface area contributed by atoms with Crippen LogP contribution in [0.3, 0.4) is 0 Å². The maximum atomic E-state index is 4.01. The van der Waals surface area contributed by atoms with Gasteiger partial charge in [0.05, 0.1) is 0 Å². The molecule has 1 atom stereocenters. The second kappa shape index (κ2) is 5.94. The quantitative estimate of drug-likeness (QED) is 0.762. The highest BCUT2D eigenvalue weighted by Gasteiger charge is 2.34. The minimum Gasteiger partial charge on any atom is -0.311 e. The van der Waals surface area contributed by atoms with Gasteiger partial charge in [0.25, 0.3) is 0 Å². The first-order valence-corrected chi connectivity index (χ1v) is 8.25. The third-order valence-corrected chi connectivity index (χ3v) is 5.66. The molecular weight excluding hydrogens is 218 g/mol. The zero-order valence-electron chi connectivity index (χ0n) is 13.0. The minimum atomic E-state index is 0.521. The maximum absolute atomic E-state index is 4.01. The highest BCUT2D eigenvalue weighted by atomic mass is 15.0. The molecule has 18 heavy (non-hydrogen) atoms. The molecule has 0 aromatic rings. The van der Waals surface area contributed by atoms with E-state index in [1.165, 1.54) is 51.4 Å². The van der Waals surface area contributed by atoms with Crippen LogP contribution in [0, 0.1) is 17.3 Å². The SMILES string of the molecule is CC(C)C1CCC(NC2CCCCC2(C)C)CC1. The smallest absolute Gasteiger partial charge is 0.0121 e. The van der Waals surface area contributed by atoms with Gasteiger partial charge < -0.3 is 5.32 Å². The average molecular weight is 251 g/mol. The third kappa shape index (κ3) is 3.50. The maximum Gasteiger partial charge on any atom is 0.0121 e. The van der Waals surface area contributed by atoms with Crippen LogP contribution in [0.1, 0.15) is 79.1 Å². The summed E-state index contributed by atoms with van der Waals surface area (Å²) in [4.78, 5) is 0. The predicted octanol–water partition coefficient (Wildman–Crippen LogP) is 4.76. The summed E-state index contributed by atoms with van der Waals surface area (Å²) in [7, 11) is 0. The fourth-order valence-electron chi connectivity index (χ4n) is 4.04. The summed E-state index contributed by atoms with van der Waals surface area (Å²) in [5, 5.41) is 4.01. The molecule has 0 spiro atoms. The first kappa shape index (κ1) is 14.4. The van der Waals surface area contributed by atoms with E-state index >= 15 is 0 Å². The van der Waals surface area contributed by atoms with Crippen molar-refractivity contribution in [2.24, 2.45) is 17.3 Å². The molecule has 1 nitrogen and oxygen atoms in total. The Bertz CT molecular complexity index is 248. The summed E-state index contributed by atoms with van der Waals surface area (Å²) in [5.41, 5.74) is 0.521. The molecule has 2 saturated carbocycles. The lowest BCUT2D eigenvalue weighted by atomic mass is 9.72. The monoisotopic (exact) mass is 251 g/mol. The molecule has 1 unspecified atom stereocenters. The van der Waals surface area contributed by atoms with Crippen molar-refractivity contribution in [2.75, 3.05) is 0 Å². The molecule has 1 heteroatoms. The molecule has 106 valence electrons. The summed E-state index contributed by atoms with van der Waals surface area (Å²) in [6.07, 6.45) is 11.4. The predicted molar refractivity (Wildman–Crippen MR) is 79.8 cm³/mol. The van der Waals surface area contributed by atoms with E-state index in [0.717, 1.165) is 23.9 Å². The molecule has 1 N–H and O–H groups in total. The fourth-order valence-corrected chi connectivity index (χ4v) is 4.04. The Labute approximate surface area is 114 Å². The normalized spacial score (nSPS) is 36.8. The standard InChI is InChI=1S/C17H33N/c1-13(2)14-8-10-15(11-9-14)18-16-7-5-6-12-17(16,3)4/h13-16,18H,5-12H2,1-4H3. The zero-order valence-corrected chi connectivity index (χ0v) is 13.0. The summed E-state index contributed by atoms with van der Waals surface area (Å²) < 4.78 is 0. The molecule has 2 fully saturated rings. The van der Waals surface area contributed by atoms with E-state index in [1.807, 2.05) is 0 Å². The Morgan fingerprint density at radius 2 is 1.61 bits per heavy atom. The van der Waals surface area contributed by atoms with E-state index in [9.17, 15) is 0 Å². The highest BCUT2D eigenvalue weighted by molar-refractivity contribution is 4.91. The zero-order chi connectivity index (χ0) is 13.2. The van der Waals surface area contributed by atoms with Gasteiger partial charge in [-0.15, -0.1) is 0 Å². The average Bonchev–Trinajstić information content (AvgIpc) is 2.32. The number of nitrogens with one attached hydrogen (secondary N) is 1. The Hall–Kier alpha value is -0.0400. The molecule has 0 aromatic carbocycles. The minimum absolute atomic E-state index is 0.521. The first-order chi connectivity index (χ1) is 8.49. The van der Waals surface area contributed by atoms with E-state index in [0.29, 0.717) is 5.41 Å². The lowest BCUT2D eigenvalue weighted by molar-refractivity contribution is 0.135. The van der Waals surface area contributed by atoms with Crippen LogP contribution >= 0.6 is 0 Å². The fraction of sp³-hybridized carbons (Fsp3) is 1.00. The Balaban J connectivity index is 1.80. The molecule has 0 radical (unpaired) electrons. The molecule has 0 bridgehead atoms. The van der Waals surface area contributed by atoms with Crippen molar-refractivity contribution < 1.29 is 0 Å². The number of rotatable bonds is 3. The number of hydrogen-bond donors (Lipinski definition) is 1. The van der Waals surface area contributed by atoms with Crippen LogP contribution in [0.25, 0.3) is 0 Å². The number of hydrogen-bond acceptors (Lipinski definition) is 1. The van der Waals surface area contributed by atoms with Gasteiger partial charge in [0.1, 0.15) is 0 Å². The van der Waals surface area contributed by atoms with Gasteiger partial charge in [0.2, 0.25) is 0 Å². The van der Waals surface area contributed by atoms with E-state index in [-0.39, 0.29) is 0 Å². The van der Waals surface area contributed by atoms with Gasteiger partial charge >= 0.3 is 0 Å². The van der Waals surface area contributed by atoms with Gasteiger partial charge in [0, 0.05) is 12.1 Å². The van der Waals surface area contributed by atoms with Crippen molar-refractivity contribution in [3.63, 3.8) is 0 Å². The summed E-state index contributed by atoms with van der Waals surface area (Å²) in [6.45, 7) is 9.71. The molecule has 0 aliphatic heterocycles. The topological polar surface area (TPSA) is 12.0 Å². The van der Waals surface area contributed by atoms with Crippen LogP contribution in [-0.2, 0) is 0 Å². The van der Waals surface area contributed by atoms with Gasteiger partial charge in [-0.25, -0.2) is 0 Å². The highest BCUT2D eigenvalue weighted by Crippen LogP contribution is 2.37. The van der Waals surface area contributed by atoms with Crippen LogP contribution in [0.4, 0.5) is 0 Å². The van der Waals surface area contributed by atoms with E-state index in [2.05, 4.69) is 33.0 Å². The van der Waals surface area contributed by atoms with Crippen molar-refractivity contribution in [2.45, 2.75) is 91.1 Å². The van der Waals surface area contributed by atoms with E-state index in [4.69, 9.17) is 0 Å². The Morgan fingerprint density at radius 1 is 0.944 bits per heavy atom. The molecular formula is C17H33N. The lowest BCUT2D eigenvalue weighted by Crippen LogP contribution is -2.49. The largest absolute Gasteiger partial charge is 0.311 e. The van der Waals surface area contributed by atoms with Crippen molar-refractivity contribution in [3.05, 3.63) is 0 Å². The van der Waals surface area contributed by atoms with Crippen molar-refractivity contribution in [1.29, 1.82) is 0 Å². The molecule has 2 aliphatic carbocycles. The molecule has 2 rings (SSSR count). The van der Waals surface area contributed by atoms with Crippen molar-refractivity contribution >= 4 is 0 Å². The third-order valence-electron chi connectivity index (χ3n) is 5.66. The van der Waals surface area contributed by atoms with Gasteiger partial charge in [-0.1, -0.05) is 40.5 Å². The van der Waals surface area contributed by atoms with Gasteiger partial charge in [-0.05, 0) is 55.8 Å². The van der Waals surface area contributed by atoms with Crippen LogP contribution in [0.15, 0.2) is 0 Å². The van der Waals surface area contributed by atoms with E-state index < -0.39 is 0 Å². The van der Waals surface area contributed by atoms with Gasteiger partial charge in [-0.3, -0.25) is 0 Å². The van der Waals surface area contributed by atoms with Crippen LogP contribution in [0.2, 0.25) is 0 Å². The van der Waals surface area contributed by atoms with Crippen LogP contribution < -0.4 is 5.32 Å². The van der Waals surface area contributed by atoms with Crippen molar-refractivity contribution in [3.8, 4) is 0 Å². The summed E-state index contributed by atoms with van der Waals surface area (Å²) in [6, 6.07) is 1.58. The first-order valence-electron chi connectivity index (χ1n) is 8.25. The molecule has 0 heterocycles. The second-order valence-electron chi connectivity index (χ2n) is 7.81. The van der Waals surface area contributed by atoms with Gasteiger partial charge in [-0.2, -0.15) is 0 Å². The second-order valence-corrected chi connectivity index (χ2v) is 7.81. The van der Waals surface area contributed by atoms with Gasteiger partial charge in [0.15, 0.2) is 0 Å². The summed E-state index contributed by atoms with van der Waals surface area (Å²) in [5.74, 6) is 1.87. The Kier molecular flexibility index (Phi) is 4.75. The molecule has 0 saturated heterocycles. The van der Waals surface area contributed by atoms with Crippen molar-refractivity contribution in [1.82, 2.24) is 5.32 Å². The van der Waals surface area contributed by atoms with Crippen LogP contribution in [0.5, 0.6) is 0 Å². The van der Waals surface area contributed by atoms with E-state index in [1.54, 1.807) is 0 Å².